The Morgan fingerprint density at radius 2 is 1.94 bits per heavy atom. The molecular formula is C11H9ClF3N3. The van der Waals surface area contributed by atoms with Crippen molar-refractivity contribution in [1.29, 1.82) is 0 Å². The van der Waals surface area contributed by atoms with Crippen LogP contribution in [0.25, 0.3) is 5.69 Å². The summed E-state index contributed by atoms with van der Waals surface area (Å²) >= 11 is 5.88. The number of hydrogen-bond donors (Lipinski definition) is 1. The van der Waals surface area contributed by atoms with Gasteiger partial charge < -0.3 is 5.73 Å². The van der Waals surface area contributed by atoms with Crippen LogP contribution < -0.4 is 5.73 Å². The number of nitrogens with zero attached hydrogens (tertiary/aromatic N) is 2. The molecule has 0 spiro atoms. The van der Waals surface area contributed by atoms with E-state index in [-0.39, 0.29) is 16.5 Å². The number of halogens is 4. The molecule has 1 heterocycles. The minimum atomic E-state index is -4.43. The van der Waals surface area contributed by atoms with Crippen molar-refractivity contribution in [3.63, 3.8) is 0 Å². The first-order valence-electron chi connectivity index (χ1n) is 4.98. The number of aryl methyl sites for hydroxylation is 1. The zero-order chi connectivity index (χ0) is 13.5. The standard InChI is InChI=1S/C11H9ClF3N3/c1-6-4-10(16)18(17-6)9-5-7(11(13,14)15)2-3-8(9)12/h2-5H,16H2,1H3. The lowest BCUT2D eigenvalue weighted by molar-refractivity contribution is -0.137. The average Bonchev–Trinajstić information content (AvgIpc) is 2.56. The molecule has 0 saturated heterocycles. The average molecular weight is 276 g/mol. The molecule has 0 unspecified atom stereocenters. The van der Waals surface area contributed by atoms with Crippen LogP contribution in [0.1, 0.15) is 11.3 Å². The Labute approximate surface area is 106 Å². The van der Waals surface area contributed by atoms with E-state index in [0.29, 0.717) is 5.69 Å². The number of nitrogen functional groups attached to an aromatic ring is 1. The van der Waals surface area contributed by atoms with Gasteiger partial charge in [-0.15, -0.1) is 0 Å². The maximum absolute atomic E-state index is 12.6. The Morgan fingerprint density at radius 3 is 2.44 bits per heavy atom. The van der Waals surface area contributed by atoms with E-state index >= 15 is 0 Å². The van der Waals surface area contributed by atoms with Crippen molar-refractivity contribution in [2.24, 2.45) is 0 Å². The second-order valence-electron chi connectivity index (χ2n) is 3.79. The number of hydrogen-bond acceptors (Lipinski definition) is 2. The molecule has 3 nitrogen and oxygen atoms in total. The molecule has 7 heteroatoms. The van der Waals surface area contributed by atoms with Crippen LogP contribution in [0, 0.1) is 6.92 Å². The Hall–Kier alpha value is -1.69. The largest absolute Gasteiger partial charge is 0.416 e. The Balaban J connectivity index is 2.60. The van der Waals surface area contributed by atoms with Gasteiger partial charge in [0.05, 0.1) is 22.0 Å². The number of rotatable bonds is 1. The Kier molecular flexibility index (Phi) is 2.98. The van der Waals surface area contributed by atoms with Gasteiger partial charge in [0, 0.05) is 6.07 Å². The van der Waals surface area contributed by atoms with Crippen LogP contribution in [0.4, 0.5) is 19.0 Å². The maximum Gasteiger partial charge on any atom is 0.416 e. The number of alkyl halides is 3. The lowest BCUT2D eigenvalue weighted by Crippen LogP contribution is -2.08. The summed E-state index contributed by atoms with van der Waals surface area (Å²) < 4.78 is 39.0. The van der Waals surface area contributed by atoms with Gasteiger partial charge in [-0.3, -0.25) is 0 Å². The second kappa shape index (κ2) is 4.20. The first kappa shape index (κ1) is 12.8. The van der Waals surface area contributed by atoms with E-state index in [1.165, 1.54) is 10.7 Å². The van der Waals surface area contributed by atoms with Gasteiger partial charge in [0.2, 0.25) is 0 Å². The summed E-state index contributed by atoms with van der Waals surface area (Å²) in [4.78, 5) is 0. The lowest BCUT2D eigenvalue weighted by Gasteiger charge is -2.11. The highest BCUT2D eigenvalue weighted by Crippen LogP contribution is 2.33. The molecule has 0 fully saturated rings. The third-order valence-corrected chi connectivity index (χ3v) is 2.68. The molecule has 1 aromatic carbocycles. The van der Waals surface area contributed by atoms with E-state index in [2.05, 4.69) is 5.10 Å². The van der Waals surface area contributed by atoms with Gasteiger partial charge in [-0.25, -0.2) is 4.68 Å². The van der Waals surface area contributed by atoms with Crippen LogP contribution in [0.2, 0.25) is 5.02 Å². The van der Waals surface area contributed by atoms with E-state index in [9.17, 15) is 13.2 Å². The third kappa shape index (κ3) is 2.28. The summed E-state index contributed by atoms with van der Waals surface area (Å²) in [6, 6.07) is 4.57. The van der Waals surface area contributed by atoms with E-state index in [4.69, 9.17) is 17.3 Å². The second-order valence-corrected chi connectivity index (χ2v) is 4.19. The normalized spacial score (nSPS) is 11.8. The van der Waals surface area contributed by atoms with Crippen LogP contribution >= 0.6 is 11.6 Å². The topological polar surface area (TPSA) is 43.8 Å². The molecule has 0 atom stereocenters. The van der Waals surface area contributed by atoms with E-state index in [1.807, 2.05) is 0 Å². The van der Waals surface area contributed by atoms with Crippen molar-refractivity contribution in [2.75, 3.05) is 5.73 Å². The molecule has 0 radical (unpaired) electrons. The molecule has 0 amide bonds. The summed E-state index contributed by atoms with van der Waals surface area (Å²) in [5.41, 5.74) is 5.57. The van der Waals surface area contributed by atoms with Crippen LogP contribution in [-0.4, -0.2) is 9.78 Å². The molecule has 0 aliphatic heterocycles. The molecule has 96 valence electrons. The molecule has 1 aromatic heterocycles. The van der Waals surface area contributed by atoms with Gasteiger partial charge in [0.15, 0.2) is 0 Å². The van der Waals surface area contributed by atoms with Crippen LogP contribution in [-0.2, 0) is 6.18 Å². The van der Waals surface area contributed by atoms with Crippen LogP contribution in [0.15, 0.2) is 24.3 Å². The third-order valence-electron chi connectivity index (χ3n) is 2.36. The van der Waals surface area contributed by atoms with Crippen molar-refractivity contribution in [1.82, 2.24) is 9.78 Å². The highest BCUT2D eigenvalue weighted by Gasteiger charge is 2.31. The Bertz CT molecular complexity index is 590. The van der Waals surface area contributed by atoms with Crippen molar-refractivity contribution in [3.05, 3.63) is 40.5 Å². The lowest BCUT2D eigenvalue weighted by atomic mass is 10.2. The van der Waals surface area contributed by atoms with Gasteiger partial charge in [-0.05, 0) is 25.1 Å². The minimum absolute atomic E-state index is 0.108. The zero-order valence-corrected chi connectivity index (χ0v) is 10.0. The summed E-state index contributed by atoms with van der Waals surface area (Å²) in [5.74, 6) is 0.230. The predicted molar refractivity (Wildman–Crippen MR) is 62.7 cm³/mol. The fourth-order valence-corrected chi connectivity index (χ4v) is 1.76. The summed E-state index contributed by atoms with van der Waals surface area (Å²) in [6.45, 7) is 1.69. The summed E-state index contributed by atoms with van der Waals surface area (Å²) in [5, 5.41) is 4.16. The molecule has 0 aliphatic carbocycles. The molecule has 0 aliphatic rings. The maximum atomic E-state index is 12.6. The molecule has 2 aromatic rings. The number of aromatic nitrogens is 2. The van der Waals surface area contributed by atoms with Crippen LogP contribution in [0.5, 0.6) is 0 Å². The minimum Gasteiger partial charge on any atom is -0.384 e. The molecule has 2 N–H and O–H groups in total. The summed E-state index contributed by atoms with van der Waals surface area (Å²) in [6.07, 6.45) is -4.43. The molecule has 2 rings (SSSR count). The van der Waals surface area contributed by atoms with Crippen molar-refractivity contribution >= 4 is 17.4 Å². The first-order valence-corrected chi connectivity index (χ1v) is 5.36. The smallest absolute Gasteiger partial charge is 0.384 e. The Morgan fingerprint density at radius 1 is 1.28 bits per heavy atom. The summed E-state index contributed by atoms with van der Waals surface area (Å²) in [7, 11) is 0. The zero-order valence-electron chi connectivity index (χ0n) is 9.29. The monoisotopic (exact) mass is 275 g/mol. The van der Waals surface area contributed by atoms with E-state index in [1.54, 1.807) is 13.0 Å². The van der Waals surface area contributed by atoms with Crippen molar-refractivity contribution in [2.45, 2.75) is 13.1 Å². The quantitative estimate of drug-likeness (QED) is 0.866. The predicted octanol–water partition coefficient (Wildman–Crippen LogP) is 3.44. The molecule has 18 heavy (non-hydrogen) atoms. The van der Waals surface area contributed by atoms with E-state index < -0.39 is 11.7 Å². The fourth-order valence-electron chi connectivity index (χ4n) is 1.56. The van der Waals surface area contributed by atoms with Gasteiger partial charge >= 0.3 is 6.18 Å². The van der Waals surface area contributed by atoms with Gasteiger partial charge in [-0.1, -0.05) is 11.6 Å². The van der Waals surface area contributed by atoms with Crippen LogP contribution in [0.3, 0.4) is 0 Å². The van der Waals surface area contributed by atoms with E-state index in [0.717, 1.165) is 12.1 Å². The molecule has 0 saturated carbocycles. The number of anilines is 1. The van der Waals surface area contributed by atoms with Crippen molar-refractivity contribution in [3.8, 4) is 5.69 Å². The SMILES string of the molecule is Cc1cc(N)n(-c2cc(C(F)(F)F)ccc2Cl)n1. The van der Waals surface area contributed by atoms with Gasteiger partial charge in [0.1, 0.15) is 5.82 Å². The van der Waals surface area contributed by atoms with Crippen molar-refractivity contribution < 1.29 is 13.2 Å². The molecular weight excluding hydrogens is 267 g/mol. The highest BCUT2D eigenvalue weighted by molar-refractivity contribution is 6.32. The first-order chi connectivity index (χ1) is 8.29. The van der Waals surface area contributed by atoms with Gasteiger partial charge in [0.25, 0.3) is 0 Å². The number of benzene rings is 1. The highest BCUT2D eigenvalue weighted by atomic mass is 35.5. The molecule has 0 bridgehead atoms. The number of nitrogens with two attached hydrogens (primary N) is 1. The fraction of sp³-hybridized carbons (Fsp3) is 0.182. The van der Waals surface area contributed by atoms with Gasteiger partial charge in [-0.2, -0.15) is 18.3 Å².